The Morgan fingerprint density at radius 1 is 1.44 bits per heavy atom. The lowest BCUT2D eigenvalue weighted by atomic mass is 10.2. The number of nitrogens with zero attached hydrogens (tertiary/aromatic N) is 1. The maximum atomic E-state index is 9.00. The van der Waals surface area contributed by atoms with Crippen LogP contribution in [0.4, 0.5) is 0 Å². The first-order valence-electron chi connectivity index (χ1n) is 5.54. The van der Waals surface area contributed by atoms with Crippen LogP contribution in [0.5, 0.6) is 0 Å². The van der Waals surface area contributed by atoms with Gasteiger partial charge in [0.05, 0.1) is 10.9 Å². The van der Waals surface area contributed by atoms with E-state index in [2.05, 4.69) is 4.98 Å². The Labute approximate surface area is 101 Å². The summed E-state index contributed by atoms with van der Waals surface area (Å²) in [6.07, 6.45) is 1.79. The maximum Gasteiger partial charge on any atom is 0.0618 e. The van der Waals surface area contributed by atoms with Crippen LogP contribution in [-0.2, 0) is 0 Å². The van der Waals surface area contributed by atoms with Crippen LogP contribution in [0.2, 0.25) is 0 Å². The molecule has 4 heteroatoms. The minimum Gasteiger partial charge on any atom is -0.396 e. The van der Waals surface area contributed by atoms with Crippen molar-refractivity contribution in [3.63, 3.8) is 0 Å². The first-order chi connectivity index (χ1) is 7.65. The molecule has 3 N–H and O–H groups in total. The fourth-order valence-electron chi connectivity index (χ4n) is 1.37. The Bertz CT molecular complexity index is 292. The summed E-state index contributed by atoms with van der Waals surface area (Å²) in [5.41, 5.74) is 6.99. The monoisotopic (exact) mass is 240 g/mol. The molecule has 1 rings (SSSR count). The standard InChI is InChI=1S/C12H20N2OS/c1-9(7-15)8-16-12(10(2)13)11-5-3-4-6-14-11/h3-6,9-10,12,15H,7-8,13H2,1-2H3. The van der Waals surface area contributed by atoms with Crippen LogP contribution in [0.1, 0.15) is 24.8 Å². The van der Waals surface area contributed by atoms with Gasteiger partial charge >= 0.3 is 0 Å². The van der Waals surface area contributed by atoms with E-state index in [9.17, 15) is 0 Å². The van der Waals surface area contributed by atoms with E-state index in [1.807, 2.05) is 32.0 Å². The van der Waals surface area contributed by atoms with E-state index in [1.54, 1.807) is 18.0 Å². The number of hydrogen-bond acceptors (Lipinski definition) is 4. The zero-order valence-electron chi connectivity index (χ0n) is 9.84. The SMILES string of the molecule is CC(CO)CSC(c1ccccn1)C(C)N. The highest BCUT2D eigenvalue weighted by atomic mass is 32.2. The molecule has 3 atom stereocenters. The van der Waals surface area contributed by atoms with E-state index in [1.165, 1.54) is 0 Å². The summed E-state index contributed by atoms with van der Waals surface area (Å²) in [5, 5.41) is 9.20. The molecule has 0 bridgehead atoms. The van der Waals surface area contributed by atoms with Crippen molar-refractivity contribution in [2.24, 2.45) is 11.7 Å². The first-order valence-corrected chi connectivity index (χ1v) is 6.59. The van der Waals surface area contributed by atoms with Crippen molar-refractivity contribution in [1.82, 2.24) is 4.98 Å². The molecule has 1 aromatic rings. The molecule has 0 aromatic carbocycles. The van der Waals surface area contributed by atoms with Gasteiger partial charge < -0.3 is 10.8 Å². The van der Waals surface area contributed by atoms with Gasteiger partial charge in [-0.1, -0.05) is 13.0 Å². The lowest BCUT2D eigenvalue weighted by Crippen LogP contribution is -2.24. The van der Waals surface area contributed by atoms with E-state index in [0.29, 0.717) is 5.92 Å². The predicted molar refractivity (Wildman–Crippen MR) is 69.3 cm³/mol. The molecular weight excluding hydrogens is 220 g/mol. The molecule has 0 aliphatic heterocycles. The largest absolute Gasteiger partial charge is 0.396 e. The molecular formula is C12H20N2OS. The second-order valence-corrected chi connectivity index (χ2v) is 5.33. The highest BCUT2D eigenvalue weighted by Gasteiger charge is 2.18. The number of aliphatic hydroxyl groups is 1. The molecule has 90 valence electrons. The number of aromatic nitrogens is 1. The van der Waals surface area contributed by atoms with Crippen LogP contribution >= 0.6 is 11.8 Å². The molecule has 0 fully saturated rings. The summed E-state index contributed by atoms with van der Waals surface area (Å²) in [7, 11) is 0. The zero-order valence-corrected chi connectivity index (χ0v) is 10.7. The Morgan fingerprint density at radius 3 is 2.69 bits per heavy atom. The number of pyridine rings is 1. The van der Waals surface area contributed by atoms with Gasteiger partial charge in [-0.15, -0.1) is 0 Å². The first kappa shape index (κ1) is 13.5. The minimum absolute atomic E-state index is 0.0609. The van der Waals surface area contributed by atoms with Crippen molar-refractivity contribution in [2.75, 3.05) is 12.4 Å². The number of hydrogen-bond donors (Lipinski definition) is 2. The summed E-state index contributed by atoms with van der Waals surface area (Å²) in [6.45, 7) is 4.25. The van der Waals surface area contributed by atoms with Gasteiger partial charge in [0.25, 0.3) is 0 Å². The second kappa shape index (κ2) is 6.89. The average molecular weight is 240 g/mol. The van der Waals surface area contributed by atoms with Crippen molar-refractivity contribution < 1.29 is 5.11 Å². The molecule has 3 nitrogen and oxygen atoms in total. The maximum absolute atomic E-state index is 9.00. The predicted octanol–water partition coefficient (Wildman–Crippen LogP) is 1.83. The van der Waals surface area contributed by atoms with Crippen LogP contribution in [0.15, 0.2) is 24.4 Å². The number of thioether (sulfide) groups is 1. The van der Waals surface area contributed by atoms with Gasteiger partial charge in [-0.3, -0.25) is 4.98 Å². The molecule has 1 heterocycles. The van der Waals surface area contributed by atoms with Crippen molar-refractivity contribution >= 4 is 11.8 Å². The van der Waals surface area contributed by atoms with Crippen molar-refractivity contribution in [1.29, 1.82) is 0 Å². The van der Waals surface area contributed by atoms with E-state index in [4.69, 9.17) is 10.8 Å². The lowest BCUT2D eigenvalue weighted by molar-refractivity contribution is 0.250. The number of rotatable bonds is 6. The Kier molecular flexibility index (Phi) is 5.80. The summed E-state index contributed by atoms with van der Waals surface area (Å²) in [4.78, 5) is 4.34. The van der Waals surface area contributed by atoms with Crippen LogP contribution in [0, 0.1) is 5.92 Å². The van der Waals surface area contributed by atoms with Gasteiger partial charge in [0, 0.05) is 18.8 Å². The van der Waals surface area contributed by atoms with E-state index in [-0.39, 0.29) is 17.9 Å². The molecule has 0 amide bonds. The molecule has 0 aliphatic rings. The van der Waals surface area contributed by atoms with Gasteiger partial charge in [0.15, 0.2) is 0 Å². The fraction of sp³-hybridized carbons (Fsp3) is 0.583. The molecule has 1 aromatic heterocycles. The topological polar surface area (TPSA) is 59.1 Å². The van der Waals surface area contributed by atoms with E-state index in [0.717, 1.165) is 11.4 Å². The van der Waals surface area contributed by atoms with E-state index >= 15 is 0 Å². The highest BCUT2D eigenvalue weighted by molar-refractivity contribution is 7.99. The van der Waals surface area contributed by atoms with Gasteiger partial charge in [0.1, 0.15) is 0 Å². The third-order valence-electron chi connectivity index (χ3n) is 2.33. The van der Waals surface area contributed by atoms with Crippen LogP contribution in [0.3, 0.4) is 0 Å². The Balaban J connectivity index is 2.62. The van der Waals surface area contributed by atoms with E-state index < -0.39 is 0 Å². The van der Waals surface area contributed by atoms with Crippen LogP contribution in [0.25, 0.3) is 0 Å². The van der Waals surface area contributed by atoms with Gasteiger partial charge in [-0.25, -0.2) is 0 Å². The summed E-state index contributed by atoms with van der Waals surface area (Å²) in [6, 6.07) is 5.95. The van der Waals surface area contributed by atoms with Crippen LogP contribution < -0.4 is 5.73 Å². The summed E-state index contributed by atoms with van der Waals surface area (Å²) >= 11 is 1.77. The van der Waals surface area contributed by atoms with Gasteiger partial charge in [-0.2, -0.15) is 11.8 Å². The van der Waals surface area contributed by atoms with Gasteiger partial charge in [-0.05, 0) is 30.7 Å². The van der Waals surface area contributed by atoms with Crippen molar-refractivity contribution in [2.45, 2.75) is 25.1 Å². The molecule has 3 unspecified atom stereocenters. The zero-order chi connectivity index (χ0) is 12.0. The molecule has 0 saturated heterocycles. The summed E-state index contributed by atoms with van der Waals surface area (Å²) in [5.74, 6) is 1.20. The molecule has 16 heavy (non-hydrogen) atoms. The quantitative estimate of drug-likeness (QED) is 0.796. The average Bonchev–Trinajstić information content (AvgIpc) is 2.30. The number of aliphatic hydroxyl groups excluding tert-OH is 1. The molecule has 0 aliphatic carbocycles. The second-order valence-electron chi connectivity index (χ2n) is 4.16. The minimum atomic E-state index is 0.0609. The van der Waals surface area contributed by atoms with Crippen LogP contribution in [-0.4, -0.2) is 28.5 Å². The van der Waals surface area contributed by atoms with Crippen molar-refractivity contribution in [3.8, 4) is 0 Å². The normalized spacial score (nSPS) is 16.8. The Hall–Kier alpha value is -0.580. The lowest BCUT2D eigenvalue weighted by Gasteiger charge is -2.21. The molecule has 0 radical (unpaired) electrons. The third kappa shape index (κ3) is 4.12. The molecule has 0 saturated carbocycles. The summed E-state index contributed by atoms with van der Waals surface area (Å²) < 4.78 is 0. The van der Waals surface area contributed by atoms with Crippen molar-refractivity contribution in [3.05, 3.63) is 30.1 Å². The Morgan fingerprint density at radius 2 is 2.19 bits per heavy atom. The van der Waals surface area contributed by atoms with Gasteiger partial charge in [0.2, 0.25) is 0 Å². The third-order valence-corrected chi connectivity index (χ3v) is 4.12. The highest BCUT2D eigenvalue weighted by Crippen LogP contribution is 2.31. The fourth-order valence-corrected chi connectivity index (χ4v) is 2.63. The number of nitrogens with two attached hydrogens (primary N) is 1. The molecule has 0 spiro atoms. The smallest absolute Gasteiger partial charge is 0.0618 e.